The van der Waals surface area contributed by atoms with Crippen LogP contribution in [0, 0.1) is 6.92 Å². The van der Waals surface area contributed by atoms with Crippen LogP contribution in [-0.2, 0) is 11.3 Å². The molecule has 0 spiro atoms. The van der Waals surface area contributed by atoms with E-state index in [0.717, 1.165) is 18.4 Å². The second kappa shape index (κ2) is 7.14. The van der Waals surface area contributed by atoms with Crippen molar-refractivity contribution in [3.05, 3.63) is 52.8 Å². The molecule has 1 saturated carbocycles. The van der Waals surface area contributed by atoms with Crippen molar-refractivity contribution >= 4 is 35.6 Å². The van der Waals surface area contributed by atoms with Crippen LogP contribution in [0.3, 0.4) is 0 Å². The van der Waals surface area contributed by atoms with Crippen LogP contribution in [0.2, 0.25) is 0 Å². The smallest absolute Gasteiger partial charge is 0.326 e. The van der Waals surface area contributed by atoms with E-state index >= 15 is 0 Å². The largest absolute Gasteiger partial charge is 0.351 e. The molecule has 2 fully saturated rings. The fourth-order valence-corrected chi connectivity index (χ4v) is 3.20. The maximum absolute atomic E-state index is 11.9. The van der Waals surface area contributed by atoms with Gasteiger partial charge in [-0.25, -0.2) is 4.79 Å². The molecule has 2 aliphatic rings. The van der Waals surface area contributed by atoms with Crippen molar-refractivity contribution in [2.45, 2.75) is 32.4 Å². The van der Waals surface area contributed by atoms with Gasteiger partial charge in [-0.1, -0.05) is 24.3 Å². The number of hydrogen-bond donors (Lipinski definition) is 4. The summed E-state index contributed by atoms with van der Waals surface area (Å²) in [6.45, 7) is 2.64. The lowest BCUT2D eigenvalue weighted by Gasteiger charge is -2.11. The van der Waals surface area contributed by atoms with E-state index in [1.807, 2.05) is 12.1 Å². The van der Waals surface area contributed by atoms with Crippen LogP contribution in [-0.4, -0.2) is 37.6 Å². The first kappa shape index (κ1) is 18.1. The van der Waals surface area contributed by atoms with Gasteiger partial charge >= 0.3 is 6.03 Å². The summed E-state index contributed by atoms with van der Waals surface area (Å²) in [6.07, 6.45) is 5.32. The van der Waals surface area contributed by atoms with Gasteiger partial charge in [0.25, 0.3) is 5.91 Å². The normalized spacial score (nSPS) is 17.3. The molecule has 3 amide bonds. The zero-order valence-corrected chi connectivity index (χ0v) is 16.3. The lowest BCUT2D eigenvalue weighted by Crippen LogP contribution is -2.22. The number of benzene rings is 1. The maximum Gasteiger partial charge on any atom is 0.326 e. The van der Waals surface area contributed by atoms with E-state index in [9.17, 15) is 9.59 Å². The van der Waals surface area contributed by atoms with Gasteiger partial charge in [-0.3, -0.25) is 10.1 Å². The van der Waals surface area contributed by atoms with E-state index < -0.39 is 11.9 Å². The highest BCUT2D eigenvalue weighted by Crippen LogP contribution is 2.26. The third-order valence-electron chi connectivity index (χ3n) is 5.02. The standard InChI is InChI=1S/C20H20N8O2/c1-11-4-2-3-5-12(11)9-21-18-25-16-13(8-15-17(29)26-20(30)24-15)10-22-28(16)19(27-18)23-14-6-7-14/h2-5,8,10,14H,6-7,9H2,1H3,(H2,21,23,25,27)(H2,24,26,29,30)/b15-8-. The molecule has 152 valence electrons. The molecule has 10 nitrogen and oxygen atoms in total. The first-order valence-electron chi connectivity index (χ1n) is 9.71. The van der Waals surface area contributed by atoms with Crippen LogP contribution in [0.1, 0.15) is 29.5 Å². The summed E-state index contributed by atoms with van der Waals surface area (Å²) in [6, 6.07) is 7.94. The van der Waals surface area contributed by atoms with Crippen LogP contribution in [0.5, 0.6) is 0 Å². The Hall–Kier alpha value is -3.95. The van der Waals surface area contributed by atoms with Crippen molar-refractivity contribution in [1.82, 2.24) is 30.2 Å². The number of rotatable bonds is 6. The minimum Gasteiger partial charge on any atom is -0.351 e. The highest BCUT2D eigenvalue weighted by atomic mass is 16.2. The number of fused-ring (bicyclic) bond motifs is 1. The van der Waals surface area contributed by atoms with Gasteiger partial charge in [0, 0.05) is 18.2 Å². The molecule has 10 heteroatoms. The van der Waals surface area contributed by atoms with Gasteiger partial charge in [-0.15, -0.1) is 0 Å². The van der Waals surface area contributed by atoms with Gasteiger partial charge in [0.2, 0.25) is 11.9 Å². The van der Waals surface area contributed by atoms with E-state index in [0.29, 0.717) is 35.7 Å². The van der Waals surface area contributed by atoms with Gasteiger partial charge < -0.3 is 16.0 Å². The van der Waals surface area contributed by atoms with Gasteiger partial charge in [0.15, 0.2) is 5.65 Å². The molecule has 1 saturated heterocycles. The molecule has 3 heterocycles. The Morgan fingerprint density at radius 3 is 2.77 bits per heavy atom. The first-order valence-corrected chi connectivity index (χ1v) is 9.71. The highest BCUT2D eigenvalue weighted by molar-refractivity contribution is 6.14. The SMILES string of the molecule is Cc1ccccc1CNc1nc(NC2CC2)n2ncc(/C=C3\NC(=O)NC3=O)c2n1. The number of anilines is 2. The highest BCUT2D eigenvalue weighted by Gasteiger charge is 2.25. The summed E-state index contributed by atoms with van der Waals surface area (Å²) in [4.78, 5) is 32.5. The Labute approximate surface area is 171 Å². The number of nitrogens with one attached hydrogen (secondary N) is 4. The number of nitrogens with zero attached hydrogens (tertiary/aromatic N) is 4. The van der Waals surface area contributed by atoms with Crippen molar-refractivity contribution in [2.24, 2.45) is 0 Å². The van der Waals surface area contributed by atoms with Crippen molar-refractivity contribution in [2.75, 3.05) is 10.6 Å². The van der Waals surface area contributed by atoms with Crippen LogP contribution in [0.4, 0.5) is 16.7 Å². The molecule has 0 unspecified atom stereocenters. The van der Waals surface area contributed by atoms with E-state index in [1.165, 1.54) is 5.56 Å². The molecule has 0 bridgehead atoms. The van der Waals surface area contributed by atoms with Crippen molar-refractivity contribution < 1.29 is 9.59 Å². The Kier molecular flexibility index (Phi) is 4.31. The Morgan fingerprint density at radius 1 is 1.20 bits per heavy atom. The summed E-state index contributed by atoms with van der Waals surface area (Å²) < 4.78 is 1.61. The molecule has 1 aliphatic carbocycles. The minimum atomic E-state index is -0.547. The zero-order chi connectivity index (χ0) is 20.7. The van der Waals surface area contributed by atoms with E-state index in [1.54, 1.807) is 16.8 Å². The van der Waals surface area contributed by atoms with Gasteiger partial charge in [-0.05, 0) is 37.0 Å². The number of carbonyl (C=O) groups is 2. The summed E-state index contributed by atoms with van der Waals surface area (Å²) in [5, 5.41) is 15.7. The fourth-order valence-electron chi connectivity index (χ4n) is 3.20. The molecule has 0 atom stereocenters. The van der Waals surface area contributed by atoms with Gasteiger partial charge in [0.05, 0.1) is 6.20 Å². The fraction of sp³-hybridized carbons (Fsp3) is 0.250. The number of amides is 3. The van der Waals surface area contributed by atoms with Crippen LogP contribution < -0.4 is 21.3 Å². The first-order chi connectivity index (χ1) is 14.6. The molecule has 1 aliphatic heterocycles. The Bertz CT molecular complexity index is 1190. The Morgan fingerprint density at radius 2 is 2.03 bits per heavy atom. The lowest BCUT2D eigenvalue weighted by molar-refractivity contribution is -0.115. The van der Waals surface area contributed by atoms with Crippen LogP contribution >= 0.6 is 0 Å². The van der Waals surface area contributed by atoms with E-state index in [4.69, 9.17) is 0 Å². The molecule has 30 heavy (non-hydrogen) atoms. The number of aromatic nitrogens is 4. The maximum atomic E-state index is 11.9. The van der Waals surface area contributed by atoms with Gasteiger partial charge in [0.1, 0.15) is 5.70 Å². The molecule has 2 aromatic heterocycles. The van der Waals surface area contributed by atoms with Crippen LogP contribution in [0.15, 0.2) is 36.2 Å². The van der Waals surface area contributed by atoms with E-state index in [2.05, 4.69) is 55.4 Å². The average molecular weight is 404 g/mol. The number of imide groups is 1. The molecular weight excluding hydrogens is 384 g/mol. The summed E-state index contributed by atoms with van der Waals surface area (Å²) in [7, 11) is 0. The molecule has 0 radical (unpaired) electrons. The third-order valence-corrected chi connectivity index (χ3v) is 5.02. The second-order valence-electron chi connectivity index (χ2n) is 7.37. The molecular formula is C20H20N8O2. The zero-order valence-electron chi connectivity index (χ0n) is 16.3. The lowest BCUT2D eigenvalue weighted by atomic mass is 10.1. The number of aryl methyl sites for hydroxylation is 1. The quantitative estimate of drug-likeness (QED) is 0.365. The molecule has 4 N–H and O–H groups in total. The number of carbonyl (C=O) groups excluding carboxylic acids is 2. The molecule has 5 rings (SSSR count). The van der Waals surface area contributed by atoms with Crippen molar-refractivity contribution in [3.63, 3.8) is 0 Å². The summed E-state index contributed by atoms with van der Waals surface area (Å²) in [5.74, 6) is 0.552. The second-order valence-corrected chi connectivity index (χ2v) is 7.37. The Balaban J connectivity index is 1.51. The van der Waals surface area contributed by atoms with Crippen molar-refractivity contribution in [1.29, 1.82) is 0 Å². The van der Waals surface area contributed by atoms with E-state index in [-0.39, 0.29) is 5.70 Å². The molecule has 3 aromatic rings. The minimum absolute atomic E-state index is 0.152. The number of hydrogen-bond acceptors (Lipinski definition) is 7. The van der Waals surface area contributed by atoms with Gasteiger partial charge in [-0.2, -0.15) is 19.6 Å². The average Bonchev–Trinajstić information content (AvgIpc) is 3.36. The summed E-state index contributed by atoms with van der Waals surface area (Å²) in [5.41, 5.74) is 3.61. The predicted molar refractivity (Wildman–Crippen MR) is 111 cm³/mol. The molecule has 1 aromatic carbocycles. The number of urea groups is 1. The third kappa shape index (κ3) is 3.54. The summed E-state index contributed by atoms with van der Waals surface area (Å²) >= 11 is 0. The monoisotopic (exact) mass is 404 g/mol. The van der Waals surface area contributed by atoms with Crippen LogP contribution in [0.25, 0.3) is 11.7 Å². The predicted octanol–water partition coefficient (Wildman–Crippen LogP) is 1.80. The van der Waals surface area contributed by atoms with Crippen molar-refractivity contribution in [3.8, 4) is 0 Å². The topological polar surface area (TPSA) is 125 Å².